The summed E-state index contributed by atoms with van der Waals surface area (Å²) in [6.45, 7) is 0. The number of anilines is 1. The van der Waals surface area contributed by atoms with Gasteiger partial charge in [0.25, 0.3) is 5.69 Å². The Morgan fingerprint density at radius 2 is 1.90 bits per heavy atom. The molecule has 1 aromatic heterocycles. The number of rotatable bonds is 5. The van der Waals surface area contributed by atoms with E-state index in [1.165, 1.54) is 36.7 Å². The zero-order valence-electron chi connectivity index (χ0n) is 10.4. The maximum absolute atomic E-state index is 11.9. The molecule has 2 rings (SSSR count). The number of benzene rings is 1. The third-order valence-electron chi connectivity index (χ3n) is 2.37. The third-order valence-corrected chi connectivity index (χ3v) is 3.78. The molecular formula is C11H9ClN4O4S. The van der Waals surface area contributed by atoms with Crippen LogP contribution in [0.3, 0.4) is 0 Å². The molecule has 0 atom stereocenters. The van der Waals surface area contributed by atoms with Crippen molar-refractivity contribution in [2.45, 2.75) is 5.75 Å². The Hall–Kier alpha value is -2.26. The average molecular weight is 329 g/mol. The normalized spacial score (nSPS) is 11.1. The summed E-state index contributed by atoms with van der Waals surface area (Å²) in [5.41, 5.74) is 0.299. The van der Waals surface area contributed by atoms with Gasteiger partial charge in [0, 0.05) is 12.1 Å². The Morgan fingerprint density at radius 3 is 2.48 bits per heavy atom. The lowest BCUT2D eigenvalue weighted by Crippen LogP contribution is -2.16. The molecule has 10 heteroatoms. The minimum Gasteiger partial charge on any atom is -0.266 e. The lowest BCUT2D eigenvalue weighted by Gasteiger charge is -2.07. The van der Waals surface area contributed by atoms with Gasteiger partial charge in [-0.2, -0.15) is 0 Å². The van der Waals surface area contributed by atoms with E-state index in [4.69, 9.17) is 11.6 Å². The number of sulfonamides is 1. The lowest BCUT2D eigenvalue weighted by molar-refractivity contribution is -0.384. The number of nitro benzene ring substituents is 1. The molecule has 0 aliphatic rings. The highest BCUT2D eigenvalue weighted by atomic mass is 35.5. The number of nitrogens with zero attached hydrogens (tertiary/aromatic N) is 3. The van der Waals surface area contributed by atoms with Crippen molar-refractivity contribution < 1.29 is 13.3 Å². The van der Waals surface area contributed by atoms with Crippen LogP contribution in [0.15, 0.2) is 36.7 Å². The molecule has 21 heavy (non-hydrogen) atoms. The number of hydrogen-bond donors (Lipinski definition) is 1. The predicted octanol–water partition coefficient (Wildman–Crippen LogP) is 1.98. The molecular weight excluding hydrogens is 320 g/mol. The number of hydrogen-bond acceptors (Lipinski definition) is 6. The summed E-state index contributed by atoms with van der Waals surface area (Å²) in [6, 6.07) is 5.23. The van der Waals surface area contributed by atoms with Crippen molar-refractivity contribution >= 4 is 33.1 Å². The van der Waals surface area contributed by atoms with Crippen molar-refractivity contribution in [2.75, 3.05) is 4.72 Å². The second-order valence-electron chi connectivity index (χ2n) is 4.01. The van der Waals surface area contributed by atoms with Crippen LogP contribution in [0.1, 0.15) is 5.56 Å². The standard InChI is InChI=1S/C11H9ClN4O4S/c12-10-5-13-6-11(14-10)15-21(19,20)7-8-1-3-9(4-2-8)16(17)18/h1-6H,7H2,(H,14,15). The Labute approximate surface area is 125 Å². The van der Waals surface area contributed by atoms with Crippen LogP contribution in [0, 0.1) is 10.1 Å². The molecule has 0 unspecified atom stereocenters. The van der Waals surface area contributed by atoms with Gasteiger partial charge in [-0.25, -0.2) is 13.4 Å². The van der Waals surface area contributed by atoms with Gasteiger partial charge < -0.3 is 0 Å². The van der Waals surface area contributed by atoms with Crippen LogP contribution in [0.2, 0.25) is 5.15 Å². The van der Waals surface area contributed by atoms with E-state index in [1.807, 2.05) is 0 Å². The molecule has 1 heterocycles. The predicted molar refractivity (Wildman–Crippen MR) is 76.4 cm³/mol. The van der Waals surface area contributed by atoms with Gasteiger partial charge in [-0.3, -0.25) is 19.8 Å². The Bertz CT molecular complexity index is 764. The van der Waals surface area contributed by atoms with Crippen molar-refractivity contribution in [3.05, 3.63) is 57.5 Å². The van der Waals surface area contributed by atoms with E-state index in [9.17, 15) is 18.5 Å². The molecule has 0 spiro atoms. The zero-order valence-corrected chi connectivity index (χ0v) is 12.0. The highest BCUT2D eigenvalue weighted by Crippen LogP contribution is 2.15. The third kappa shape index (κ3) is 4.36. The summed E-state index contributed by atoms with van der Waals surface area (Å²) >= 11 is 5.61. The van der Waals surface area contributed by atoms with E-state index in [-0.39, 0.29) is 22.4 Å². The van der Waals surface area contributed by atoms with E-state index < -0.39 is 14.9 Å². The van der Waals surface area contributed by atoms with Gasteiger partial charge in [-0.05, 0) is 5.56 Å². The van der Waals surface area contributed by atoms with E-state index in [0.717, 1.165) is 0 Å². The molecule has 0 bridgehead atoms. The van der Waals surface area contributed by atoms with Crippen molar-refractivity contribution in [3.63, 3.8) is 0 Å². The van der Waals surface area contributed by atoms with Crippen molar-refractivity contribution in [3.8, 4) is 0 Å². The maximum atomic E-state index is 11.9. The first-order valence-corrected chi connectivity index (χ1v) is 7.60. The SMILES string of the molecule is O=[N+]([O-])c1ccc(CS(=O)(=O)Nc2cncc(Cl)n2)cc1. The first-order valence-electron chi connectivity index (χ1n) is 5.57. The highest BCUT2D eigenvalue weighted by Gasteiger charge is 2.14. The van der Waals surface area contributed by atoms with Gasteiger partial charge in [0.1, 0.15) is 5.15 Å². The number of non-ortho nitro benzene ring substituents is 1. The molecule has 0 radical (unpaired) electrons. The average Bonchev–Trinajstić information content (AvgIpc) is 2.38. The molecule has 0 saturated heterocycles. The summed E-state index contributed by atoms with van der Waals surface area (Å²) in [5, 5.41) is 10.6. The maximum Gasteiger partial charge on any atom is 0.269 e. The Kier molecular flexibility index (Phi) is 4.34. The van der Waals surface area contributed by atoms with Gasteiger partial charge in [0.2, 0.25) is 10.0 Å². The summed E-state index contributed by atoms with van der Waals surface area (Å²) in [7, 11) is -3.72. The smallest absolute Gasteiger partial charge is 0.266 e. The van der Waals surface area contributed by atoms with E-state index >= 15 is 0 Å². The van der Waals surface area contributed by atoms with Crippen LogP contribution in [-0.4, -0.2) is 23.3 Å². The second kappa shape index (κ2) is 6.02. The number of halogens is 1. The fraction of sp³-hybridized carbons (Fsp3) is 0.0909. The van der Waals surface area contributed by atoms with Crippen molar-refractivity contribution in [1.29, 1.82) is 0 Å². The summed E-state index contributed by atoms with van der Waals surface area (Å²) in [5.74, 6) is -0.344. The van der Waals surface area contributed by atoms with Gasteiger partial charge in [0.15, 0.2) is 5.82 Å². The van der Waals surface area contributed by atoms with Gasteiger partial charge in [-0.1, -0.05) is 23.7 Å². The molecule has 8 nitrogen and oxygen atoms in total. The summed E-state index contributed by atoms with van der Waals surface area (Å²) < 4.78 is 26.1. The fourth-order valence-corrected chi connectivity index (χ4v) is 2.79. The van der Waals surface area contributed by atoms with E-state index in [1.54, 1.807) is 0 Å². The minimum absolute atomic E-state index is 0.00408. The number of nitro groups is 1. The minimum atomic E-state index is -3.72. The first kappa shape index (κ1) is 15.1. The van der Waals surface area contributed by atoms with E-state index in [0.29, 0.717) is 5.56 Å². The van der Waals surface area contributed by atoms with E-state index in [2.05, 4.69) is 14.7 Å². The van der Waals surface area contributed by atoms with Crippen molar-refractivity contribution in [2.24, 2.45) is 0 Å². The largest absolute Gasteiger partial charge is 0.269 e. The van der Waals surface area contributed by atoms with Crippen LogP contribution in [0.5, 0.6) is 0 Å². The molecule has 0 amide bonds. The molecule has 110 valence electrons. The molecule has 0 saturated carbocycles. The monoisotopic (exact) mass is 328 g/mol. The van der Waals surface area contributed by atoms with Gasteiger partial charge in [-0.15, -0.1) is 0 Å². The summed E-state index contributed by atoms with van der Waals surface area (Å²) in [6.07, 6.45) is 2.49. The van der Waals surface area contributed by atoms with Crippen LogP contribution in [0.4, 0.5) is 11.5 Å². The zero-order chi connectivity index (χ0) is 15.5. The first-order chi connectivity index (χ1) is 9.85. The van der Waals surface area contributed by atoms with Crippen LogP contribution >= 0.6 is 11.6 Å². The van der Waals surface area contributed by atoms with Gasteiger partial charge in [0.05, 0.1) is 23.1 Å². The van der Waals surface area contributed by atoms with Crippen LogP contribution in [-0.2, 0) is 15.8 Å². The molecule has 0 fully saturated rings. The fourth-order valence-electron chi connectivity index (χ4n) is 1.52. The molecule has 0 aliphatic heterocycles. The summed E-state index contributed by atoms with van der Waals surface area (Å²) in [4.78, 5) is 17.4. The van der Waals surface area contributed by atoms with Crippen molar-refractivity contribution in [1.82, 2.24) is 9.97 Å². The topological polar surface area (TPSA) is 115 Å². The van der Waals surface area contributed by atoms with Crippen LogP contribution in [0.25, 0.3) is 0 Å². The molecule has 1 aromatic carbocycles. The lowest BCUT2D eigenvalue weighted by atomic mass is 10.2. The number of nitrogens with one attached hydrogen (secondary N) is 1. The Balaban J connectivity index is 2.12. The number of aromatic nitrogens is 2. The van der Waals surface area contributed by atoms with Crippen LogP contribution < -0.4 is 4.72 Å². The molecule has 1 N–H and O–H groups in total. The molecule has 0 aliphatic carbocycles. The quantitative estimate of drug-likeness (QED) is 0.662. The van der Waals surface area contributed by atoms with Gasteiger partial charge >= 0.3 is 0 Å². The highest BCUT2D eigenvalue weighted by molar-refractivity contribution is 7.91. The second-order valence-corrected chi connectivity index (χ2v) is 6.12. The molecule has 2 aromatic rings. The Morgan fingerprint density at radius 1 is 1.24 bits per heavy atom.